The molecule has 0 fully saturated rings. The number of carbonyl (C=O) groups excluding carboxylic acids is 3. The van der Waals surface area contributed by atoms with Crippen LogP contribution in [0.1, 0.15) is 258 Å². The Morgan fingerprint density at radius 2 is 0.629 bits per heavy atom. The zero-order valence-corrected chi connectivity index (χ0v) is 40.9. The summed E-state index contributed by atoms with van der Waals surface area (Å²) < 4.78 is 16.8. The van der Waals surface area contributed by atoms with Crippen LogP contribution in [0.15, 0.2) is 60.8 Å². The summed E-state index contributed by atoms with van der Waals surface area (Å²) in [5.74, 6) is -0.897. The minimum atomic E-state index is -0.781. The molecule has 6 heteroatoms. The van der Waals surface area contributed by atoms with Gasteiger partial charge >= 0.3 is 17.9 Å². The number of hydrogen-bond acceptors (Lipinski definition) is 6. The van der Waals surface area contributed by atoms with Crippen LogP contribution < -0.4 is 0 Å². The first-order valence-electron chi connectivity index (χ1n) is 26.3. The van der Waals surface area contributed by atoms with E-state index in [4.69, 9.17) is 14.2 Å². The molecule has 0 aliphatic rings. The Morgan fingerprint density at radius 3 is 1.02 bits per heavy atom. The summed E-state index contributed by atoms with van der Waals surface area (Å²) in [5, 5.41) is 0. The number of hydrogen-bond donors (Lipinski definition) is 0. The van der Waals surface area contributed by atoms with Crippen LogP contribution in [0.2, 0.25) is 0 Å². The molecule has 0 N–H and O–H groups in total. The Bertz CT molecular complexity index is 1130. The van der Waals surface area contributed by atoms with Crippen molar-refractivity contribution in [2.45, 2.75) is 264 Å². The maximum absolute atomic E-state index is 12.8. The van der Waals surface area contributed by atoms with Gasteiger partial charge in [0, 0.05) is 19.3 Å². The normalized spacial score (nSPS) is 12.5. The Morgan fingerprint density at radius 1 is 0.339 bits per heavy atom. The molecule has 0 heterocycles. The molecule has 0 saturated carbocycles. The topological polar surface area (TPSA) is 78.9 Å². The summed E-state index contributed by atoms with van der Waals surface area (Å²) in [6, 6.07) is 0. The van der Waals surface area contributed by atoms with Crippen LogP contribution in [0.25, 0.3) is 0 Å². The standard InChI is InChI=1S/C56H98O6/c1-4-7-10-13-16-19-22-24-26-28-30-31-34-37-40-43-46-49-55(58)61-52-53(51-60-54(57)48-45-42-39-36-33-21-18-15-12-9-6-3)62-56(59)50-47-44-41-38-35-32-29-27-25-23-20-17-14-11-8-5-2/h8,11,16-17,19-20,24-27,53H,4-7,9-10,12-15,18,21-23,28-52H2,1-3H3/b11-8-,19-16-,20-17-,26-24-,27-25-. The highest BCUT2D eigenvalue weighted by Crippen LogP contribution is 2.15. The van der Waals surface area contributed by atoms with Gasteiger partial charge in [-0.3, -0.25) is 14.4 Å². The molecule has 1 unspecified atom stereocenters. The summed E-state index contributed by atoms with van der Waals surface area (Å²) in [6.45, 7) is 6.49. The highest BCUT2D eigenvalue weighted by Gasteiger charge is 2.19. The lowest BCUT2D eigenvalue weighted by Gasteiger charge is -2.18. The van der Waals surface area contributed by atoms with E-state index in [1.165, 1.54) is 116 Å². The van der Waals surface area contributed by atoms with Crippen LogP contribution in [0.4, 0.5) is 0 Å². The summed E-state index contributed by atoms with van der Waals surface area (Å²) in [7, 11) is 0. The first kappa shape index (κ1) is 59.1. The molecule has 1 atom stereocenters. The minimum Gasteiger partial charge on any atom is -0.462 e. The molecule has 0 radical (unpaired) electrons. The van der Waals surface area contributed by atoms with Crippen LogP contribution in [0.3, 0.4) is 0 Å². The molecule has 0 aliphatic carbocycles. The van der Waals surface area contributed by atoms with Gasteiger partial charge in [-0.1, -0.05) is 216 Å². The molecule has 0 aliphatic heterocycles. The van der Waals surface area contributed by atoms with Gasteiger partial charge < -0.3 is 14.2 Å². The molecule has 0 amide bonds. The number of ether oxygens (including phenoxy) is 3. The molecular weight excluding hydrogens is 769 g/mol. The fourth-order valence-corrected chi connectivity index (χ4v) is 7.31. The Labute approximate surface area is 383 Å². The molecule has 0 rings (SSSR count). The monoisotopic (exact) mass is 867 g/mol. The zero-order valence-electron chi connectivity index (χ0n) is 40.9. The molecular formula is C56H98O6. The third-order valence-electron chi connectivity index (χ3n) is 11.3. The number of carbonyl (C=O) groups is 3. The van der Waals surface area contributed by atoms with Crippen molar-refractivity contribution in [2.75, 3.05) is 13.2 Å². The largest absolute Gasteiger partial charge is 0.462 e. The number of rotatable bonds is 47. The lowest BCUT2D eigenvalue weighted by Crippen LogP contribution is -2.30. The van der Waals surface area contributed by atoms with E-state index in [-0.39, 0.29) is 31.1 Å². The Kier molecular flexibility index (Phi) is 48.4. The summed E-state index contributed by atoms with van der Waals surface area (Å²) in [4.78, 5) is 38.0. The van der Waals surface area contributed by atoms with Gasteiger partial charge in [0.1, 0.15) is 13.2 Å². The molecule has 0 spiro atoms. The molecule has 0 aromatic rings. The quantitative estimate of drug-likeness (QED) is 0.0262. The molecule has 0 bridgehead atoms. The molecule has 358 valence electrons. The SMILES string of the molecule is CC/C=C\C/C=C\C/C=C\CCCCCCCCC(=O)OC(COC(=O)CCCCCCCCC/C=C\C/C=C\CCCCC)COC(=O)CCCCCCCCCCCCC. The predicted molar refractivity (Wildman–Crippen MR) is 265 cm³/mol. The van der Waals surface area contributed by atoms with Crippen molar-refractivity contribution in [2.24, 2.45) is 0 Å². The van der Waals surface area contributed by atoms with Gasteiger partial charge in [-0.2, -0.15) is 0 Å². The van der Waals surface area contributed by atoms with Crippen molar-refractivity contribution in [3.63, 3.8) is 0 Å². The third-order valence-corrected chi connectivity index (χ3v) is 11.3. The second kappa shape index (κ2) is 50.8. The van der Waals surface area contributed by atoms with Crippen molar-refractivity contribution >= 4 is 17.9 Å². The average Bonchev–Trinajstić information content (AvgIpc) is 3.27. The van der Waals surface area contributed by atoms with Gasteiger partial charge in [0.05, 0.1) is 0 Å². The van der Waals surface area contributed by atoms with E-state index in [1.54, 1.807) is 0 Å². The summed E-state index contributed by atoms with van der Waals surface area (Å²) >= 11 is 0. The van der Waals surface area contributed by atoms with Crippen molar-refractivity contribution < 1.29 is 28.6 Å². The summed E-state index contributed by atoms with van der Waals surface area (Å²) in [6.07, 6.45) is 62.0. The van der Waals surface area contributed by atoms with E-state index < -0.39 is 6.10 Å². The van der Waals surface area contributed by atoms with Gasteiger partial charge in [0.25, 0.3) is 0 Å². The van der Waals surface area contributed by atoms with E-state index in [2.05, 4.69) is 81.5 Å². The Balaban J connectivity index is 4.38. The second-order valence-corrected chi connectivity index (χ2v) is 17.4. The number of esters is 3. The fourth-order valence-electron chi connectivity index (χ4n) is 7.31. The first-order chi connectivity index (χ1) is 30.5. The minimum absolute atomic E-state index is 0.0805. The van der Waals surface area contributed by atoms with Gasteiger partial charge in [-0.15, -0.1) is 0 Å². The second-order valence-electron chi connectivity index (χ2n) is 17.4. The van der Waals surface area contributed by atoms with Crippen LogP contribution in [-0.2, 0) is 28.6 Å². The Hall–Kier alpha value is -2.89. The van der Waals surface area contributed by atoms with E-state index in [0.29, 0.717) is 19.3 Å². The van der Waals surface area contributed by atoms with Crippen molar-refractivity contribution in [3.05, 3.63) is 60.8 Å². The molecule has 0 aromatic heterocycles. The van der Waals surface area contributed by atoms with Gasteiger partial charge in [0.2, 0.25) is 0 Å². The highest BCUT2D eigenvalue weighted by atomic mass is 16.6. The van der Waals surface area contributed by atoms with E-state index >= 15 is 0 Å². The number of unbranched alkanes of at least 4 members (excludes halogenated alkanes) is 26. The third kappa shape index (κ3) is 48.1. The highest BCUT2D eigenvalue weighted by molar-refractivity contribution is 5.71. The maximum atomic E-state index is 12.8. The lowest BCUT2D eigenvalue weighted by molar-refractivity contribution is -0.167. The fraction of sp³-hybridized carbons (Fsp3) is 0.768. The average molecular weight is 867 g/mol. The van der Waals surface area contributed by atoms with Crippen LogP contribution in [0.5, 0.6) is 0 Å². The van der Waals surface area contributed by atoms with Crippen LogP contribution >= 0.6 is 0 Å². The van der Waals surface area contributed by atoms with Gasteiger partial charge in [0.15, 0.2) is 6.10 Å². The predicted octanol–water partition coefficient (Wildman–Crippen LogP) is 17.3. The van der Waals surface area contributed by atoms with E-state index in [0.717, 1.165) is 103 Å². The number of allylic oxidation sites excluding steroid dienone is 10. The van der Waals surface area contributed by atoms with Gasteiger partial charge in [-0.05, 0) is 83.5 Å². The lowest BCUT2D eigenvalue weighted by atomic mass is 10.1. The molecule has 6 nitrogen and oxygen atoms in total. The first-order valence-corrected chi connectivity index (χ1v) is 26.3. The smallest absolute Gasteiger partial charge is 0.306 e. The maximum Gasteiger partial charge on any atom is 0.306 e. The van der Waals surface area contributed by atoms with Crippen molar-refractivity contribution in [1.82, 2.24) is 0 Å². The molecule has 0 saturated heterocycles. The van der Waals surface area contributed by atoms with Crippen molar-refractivity contribution in [1.29, 1.82) is 0 Å². The van der Waals surface area contributed by atoms with E-state index in [1.807, 2.05) is 0 Å². The van der Waals surface area contributed by atoms with Crippen LogP contribution in [-0.4, -0.2) is 37.2 Å². The van der Waals surface area contributed by atoms with Gasteiger partial charge in [-0.25, -0.2) is 0 Å². The van der Waals surface area contributed by atoms with Crippen molar-refractivity contribution in [3.8, 4) is 0 Å². The zero-order chi connectivity index (χ0) is 45.1. The van der Waals surface area contributed by atoms with Crippen LogP contribution in [0, 0.1) is 0 Å². The molecule has 0 aromatic carbocycles. The molecule has 62 heavy (non-hydrogen) atoms. The summed E-state index contributed by atoms with van der Waals surface area (Å²) in [5.41, 5.74) is 0. The van der Waals surface area contributed by atoms with E-state index in [9.17, 15) is 14.4 Å².